The SMILES string of the molecule is COCCN1CCN(C(=O)c2cc(C)c3ncc(C(N)=O)c(Nc4cccc5c4CCO5)c3c2)CC1. The Morgan fingerprint density at radius 1 is 1.19 bits per heavy atom. The van der Waals surface area contributed by atoms with Gasteiger partial charge in [0.25, 0.3) is 11.8 Å². The second-order valence-corrected chi connectivity index (χ2v) is 9.23. The average Bonchev–Trinajstić information content (AvgIpc) is 3.37. The molecule has 9 nitrogen and oxygen atoms in total. The van der Waals surface area contributed by atoms with Gasteiger partial charge in [-0.1, -0.05) is 6.07 Å². The van der Waals surface area contributed by atoms with Crippen molar-refractivity contribution in [3.05, 3.63) is 58.8 Å². The van der Waals surface area contributed by atoms with Gasteiger partial charge in [0.2, 0.25) is 0 Å². The van der Waals surface area contributed by atoms with E-state index in [1.807, 2.05) is 42.2 Å². The van der Waals surface area contributed by atoms with Gasteiger partial charge in [-0.3, -0.25) is 19.5 Å². The number of aryl methyl sites for hydroxylation is 1. The van der Waals surface area contributed by atoms with E-state index in [1.54, 1.807) is 7.11 Å². The van der Waals surface area contributed by atoms with Crippen LogP contribution in [0, 0.1) is 6.92 Å². The molecule has 0 saturated carbocycles. The number of aromatic nitrogens is 1. The monoisotopic (exact) mass is 489 g/mol. The molecule has 0 atom stereocenters. The standard InChI is InChI=1S/C27H31N5O4/c1-17-14-18(27(34)32-9-7-31(8-10-32)11-13-35-2)15-20-24(17)29-16-21(26(28)33)25(20)30-22-4-3-5-23-19(22)6-12-36-23/h3-5,14-16H,6-13H2,1-2H3,(H2,28,33)(H,29,30). The number of hydrogen-bond donors (Lipinski definition) is 2. The van der Waals surface area contributed by atoms with Crippen molar-refractivity contribution < 1.29 is 19.1 Å². The first-order valence-corrected chi connectivity index (χ1v) is 12.2. The van der Waals surface area contributed by atoms with Crippen LogP contribution in [0.4, 0.5) is 11.4 Å². The van der Waals surface area contributed by atoms with Gasteiger partial charge in [-0.15, -0.1) is 0 Å². The molecule has 2 aliphatic rings. The molecule has 0 spiro atoms. The highest BCUT2D eigenvalue weighted by atomic mass is 16.5. The van der Waals surface area contributed by atoms with Crippen LogP contribution in [0.3, 0.4) is 0 Å². The highest BCUT2D eigenvalue weighted by molar-refractivity contribution is 6.10. The van der Waals surface area contributed by atoms with Crippen molar-refractivity contribution in [2.75, 3.05) is 58.4 Å². The van der Waals surface area contributed by atoms with E-state index in [2.05, 4.69) is 15.2 Å². The van der Waals surface area contributed by atoms with Crippen LogP contribution in [0.1, 0.15) is 31.8 Å². The summed E-state index contributed by atoms with van der Waals surface area (Å²) in [5.41, 5.74) is 10.6. The number of nitrogens with two attached hydrogens (primary N) is 1. The third-order valence-corrected chi connectivity index (χ3v) is 6.95. The number of rotatable bonds is 7. The Morgan fingerprint density at radius 2 is 2.00 bits per heavy atom. The van der Waals surface area contributed by atoms with Gasteiger partial charge in [0, 0.05) is 74.7 Å². The molecule has 9 heteroatoms. The Labute approximate surface area is 210 Å². The fourth-order valence-electron chi connectivity index (χ4n) is 4.98. The number of amides is 2. The van der Waals surface area contributed by atoms with Crippen LogP contribution in [0.15, 0.2) is 36.5 Å². The maximum Gasteiger partial charge on any atom is 0.253 e. The summed E-state index contributed by atoms with van der Waals surface area (Å²) in [5.74, 6) is 0.212. The Kier molecular flexibility index (Phi) is 6.75. The van der Waals surface area contributed by atoms with Gasteiger partial charge < -0.3 is 25.4 Å². The van der Waals surface area contributed by atoms with Crippen LogP contribution in [-0.2, 0) is 11.2 Å². The zero-order valence-electron chi connectivity index (χ0n) is 20.7. The lowest BCUT2D eigenvalue weighted by atomic mass is 10.0. The predicted octanol–water partition coefficient (Wildman–Crippen LogP) is 2.72. The number of carbonyl (C=O) groups is 2. The molecule has 3 N–H and O–H groups in total. The number of primary amides is 1. The highest BCUT2D eigenvalue weighted by Crippen LogP contribution is 2.37. The smallest absolute Gasteiger partial charge is 0.253 e. The molecule has 36 heavy (non-hydrogen) atoms. The summed E-state index contributed by atoms with van der Waals surface area (Å²) >= 11 is 0. The van der Waals surface area contributed by atoms with Gasteiger partial charge in [0.05, 0.1) is 30.0 Å². The molecule has 2 aliphatic heterocycles. The highest BCUT2D eigenvalue weighted by Gasteiger charge is 2.25. The molecule has 3 heterocycles. The van der Waals surface area contributed by atoms with Crippen LogP contribution in [0.25, 0.3) is 10.9 Å². The summed E-state index contributed by atoms with van der Waals surface area (Å²) in [7, 11) is 1.70. The Morgan fingerprint density at radius 3 is 2.75 bits per heavy atom. The fraction of sp³-hybridized carbons (Fsp3) is 0.370. The first-order chi connectivity index (χ1) is 17.5. The van der Waals surface area contributed by atoms with Crippen LogP contribution < -0.4 is 15.8 Å². The summed E-state index contributed by atoms with van der Waals surface area (Å²) in [6, 6.07) is 9.49. The van der Waals surface area contributed by atoms with Crippen LogP contribution >= 0.6 is 0 Å². The number of benzene rings is 2. The van der Waals surface area contributed by atoms with E-state index in [1.165, 1.54) is 6.20 Å². The third-order valence-electron chi connectivity index (χ3n) is 6.95. The van der Waals surface area contributed by atoms with Gasteiger partial charge in [0.15, 0.2) is 0 Å². The zero-order chi connectivity index (χ0) is 25.2. The normalized spacial score (nSPS) is 15.6. The lowest BCUT2D eigenvalue weighted by Gasteiger charge is -2.34. The van der Waals surface area contributed by atoms with Gasteiger partial charge in [-0.25, -0.2) is 0 Å². The molecular weight excluding hydrogens is 458 g/mol. The maximum atomic E-state index is 13.5. The number of methoxy groups -OCH3 is 1. The average molecular weight is 490 g/mol. The topological polar surface area (TPSA) is 110 Å². The van der Waals surface area contributed by atoms with Crippen molar-refractivity contribution in [3.8, 4) is 5.75 Å². The van der Waals surface area contributed by atoms with E-state index in [-0.39, 0.29) is 11.5 Å². The van der Waals surface area contributed by atoms with E-state index in [0.29, 0.717) is 48.5 Å². The van der Waals surface area contributed by atoms with Crippen LogP contribution in [0.5, 0.6) is 5.75 Å². The molecule has 2 aromatic carbocycles. The number of carbonyl (C=O) groups excluding carboxylic acids is 2. The van der Waals surface area contributed by atoms with Crippen molar-refractivity contribution in [3.63, 3.8) is 0 Å². The summed E-state index contributed by atoms with van der Waals surface area (Å²) in [4.78, 5) is 34.6. The Balaban J connectivity index is 1.51. The van der Waals surface area contributed by atoms with Crippen molar-refractivity contribution >= 4 is 34.1 Å². The first kappa shape index (κ1) is 24.0. The Hall–Kier alpha value is -3.69. The van der Waals surface area contributed by atoms with E-state index in [4.69, 9.17) is 15.2 Å². The number of fused-ring (bicyclic) bond motifs is 2. The lowest BCUT2D eigenvalue weighted by Crippen LogP contribution is -2.49. The number of anilines is 2. The van der Waals surface area contributed by atoms with Gasteiger partial charge in [0.1, 0.15) is 5.75 Å². The molecular formula is C27H31N5O4. The maximum absolute atomic E-state index is 13.5. The number of nitrogens with one attached hydrogen (secondary N) is 1. The summed E-state index contributed by atoms with van der Waals surface area (Å²) < 4.78 is 10.9. The van der Waals surface area contributed by atoms with Gasteiger partial charge in [-0.05, 0) is 36.8 Å². The first-order valence-electron chi connectivity index (χ1n) is 12.2. The molecule has 0 radical (unpaired) electrons. The van der Waals surface area contributed by atoms with Crippen LogP contribution in [-0.4, -0.2) is 79.6 Å². The molecule has 0 unspecified atom stereocenters. The molecule has 1 fully saturated rings. The third kappa shape index (κ3) is 4.59. The predicted molar refractivity (Wildman–Crippen MR) is 138 cm³/mol. The minimum atomic E-state index is -0.586. The van der Waals surface area contributed by atoms with Crippen LogP contribution in [0.2, 0.25) is 0 Å². The number of hydrogen-bond acceptors (Lipinski definition) is 7. The molecule has 1 aromatic heterocycles. The van der Waals surface area contributed by atoms with E-state index < -0.39 is 5.91 Å². The van der Waals surface area contributed by atoms with Crippen molar-refractivity contribution in [2.45, 2.75) is 13.3 Å². The second-order valence-electron chi connectivity index (χ2n) is 9.23. The van der Waals surface area contributed by atoms with Gasteiger partial charge in [-0.2, -0.15) is 0 Å². The van der Waals surface area contributed by atoms with Crippen molar-refractivity contribution in [1.29, 1.82) is 0 Å². The fourth-order valence-corrected chi connectivity index (χ4v) is 4.98. The minimum absolute atomic E-state index is 0.0316. The lowest BCUT2D eigenvalue weighted by molar-refractivity contribution is 0.0594. The summed E-state index contributed by atoms with van der Waals surface area (Å²) in [6.45, 7) is 7.01. The van der Waals surface area contributed by atoms with E-state index in [9.17, 15) is 9.59 Å². The largest absolute Gasteiger partial charge is 0.493 e. The number of ether oxygens (including phenoxy) is 2. The minimum Gasteiger partial charge on any atom is -0.493 e. The summed E-state index contributed by atoms with van der Waals surface area (Å²) in [5, 5.41) is 4.12. The Bertz CT molecular complexity index is 1320. The number of nitrogens with zero attached hydrogens (tertiary/aromatic N) is 3. The zero-order valence-corrected chi connectivity index (χ0v) is 20.7. The molecule has 2 amide bonds. The summed E-state index contributed by atoms with van der Waals surface area (Å²) in [6.07, 6.45) is 2.27. The van der Waals surface area contributed by atoms with E-state index in [0.717, 1.165) is 48.6 Å². The second kappa shape index (κ2) is 10.1. The molecule has 5 rings (SSSR count). The molecule has 0 bridgehead atoms. The van der Waals surface area contributed by atoms with Crippen molar-refractivity contribution in [2.24, 2.45) is 5.73 Å². The quantitative estimate of drug-likeness (QED) is 0.525. The van der Waals surface area contributed by atoms with Gasteiger partial charge >= 0.3 is 0 Å². The number of pyridine rings is 1. The molecule has 0 aliphatic carbocycles. The van der Waals surface area contributed by atoms with E-state index >= 15 is 0 Å². The number of piperazine rings is 1. The molecule has 188 valence electrons. The molecule has 3 aromatic rings. The molecule has 1 saturated heterocycles. The van der Waals surface area contributed by atoms with Crippen molar-refractivity contribution in [1.82, 2.24) is 14.8 Å².